The van der Waals surface area contributed by atoms with Gasteiger partial charge in [0.2, 0.25) is 0 Å². The Morgan fingerprint density at radius 2 is 1.44 bits per heavy atom. The number of phenolic OH excluding ortho intramolecular Hbond substituents is 1. The van der Waals surface area contributed by atoms with Gasteiger partial charge in [0.05, 0.1) is 14.2 Å². The van der Waals surface area contributed by atoms with Gasteiger partial charge >= 0.3 is 0 Å². The van der Waals surface area contributed by atoms with Gasteiger partial charge in [-0.15, -0.1) is 0 Å². The van der Waals surface area contributed by atoms with Crippen LogP contribution in [0.2, 0.25) is 0 Å². The maximum absolute atomic E-state index is 13.3. The number of allylic oxidation sites excluding steroid dienone is 2. The van der Waals surface area contributed by atoms with Crippen molar-refractivity contribution in [3.63, 3.8) is 0 Å². The minimum atomic E-state index is -0.351. The van der Waals surface area contributed by atoms with Crippen LogP contribution in [0.1, 0.15) is 30.4 Å². The predicted molar refractivity (Wildman–Crippen MR) is 99.5 cm³/mol. The van der Waals surface area contributed by atoms with E-state index in [1.807, 2.05) is 18.2 Å². The quantitative estimate of drug-likeness (QED) is 0.649. The minimum absolute atomic E-state index is 0.141. The molecule has 0 atom stereocenters. The van der Waals surface area contributed by atoms with Gasteiger partial charge in [-0.05, 0) is 54.7 Å². The van der Waals surface area contributed by atoms with Crippen LogP contribution in [0.5, 0.6) is 17.2 Å². The monoisotopic (exact) mass is 342 g/mol. The van der Waals surface area contributed by atoms with Gasteiger partial charge in [-0.25, -0.2) is 4.39 Å². The van der Waals surface area contributed by atoms with Crippen LogP contribution in [-0.4, -0.2) is 19.3 Å². The van der Waals surface area contributed by atoms with E-state index in [1.165, 1.54) is 20.3 Å². The molecule has 0 fully saturated rings. The molecule has 3 nitrogen and oxygen atoms in total. The molecule has 0 bridgehead atoms. The van der Waals surface area contributed by atoms with E-state index in [4.69, 9.17) is 9.47 Å². The largest absolute Gasteiger partial charge is 0.504 e. The summed E-state index contributed by atoms with van der Waals surface area (Å²) in [5, 5.41) is 9.56. The zero-order chi connectivity index (χ0) is 18.1. The first-order valence-corrected chi connectivity index (χ1v) is 8.17. The Morgan fingerprint density at radius 1 is 0.880 bits per heavy atom. The second-order valence-electron chi connectivity index (χ2n) is 5.56. The normalized spacial score (nSPS) is 11.3. The molecule has 0 saturated heterocycles. The molecular weight excluding hydrogens is 319 g/mol. The van der Waals surface area contributed by atoms with Crippen molar-refractivity contribution < 1.29 is 19.0 Å². The van der Waals surface area contributed by atoms with Crippen molar-refractivity contribution in [1.82, 2.24) is 0 Å². The van der Waals surface area contributed by atoms with Gasteiger partial charge in [-0.1, -0.05) is 36.4 Å². The number of phenols is 1. The standard InChI is InChI=1S/C21H23FO3/c1-24-20-14-16(10-12-18(20)22)8-6-4-3-5-7-9-17-11-13-19(23)21(15-17)25-2/h6-15,23H,3-5H2,1-2H3/b8-6+,9-7+. The van der Waals surface area contributed by atoms with Gasteiger partial charge in [0, 0.05) is 0 Å². The summed E-state index contributed by atoms with van der Waals surface area (Å²) in [6.45, 7) is 0. The molecule has 2 rings (SSSR count). The molecule has 0 aliphatic carbocycles. The number of halogens is 1. The minimum Gasteiger partial charge on any atom is -0.504 e. The molecule has 0 aliphatic rings. The van der Waals surface area contributed by atoms with E-state index in [2.05, 4.69) is 12.2 Å². The van der Waals surface area contributed by atoms with Crippen LogP contribution in [0.25, 0.3) is 12.2 Å². The van der Waals surface area contributed by atoms with Crippen molar-refractivity contribution in [2.24, 2.45) is 0 Å². The molecule has 1 N–H and O–H groups in total. The summed E-state index contributed by atoms with van der Waals surface area (Å²) in [5.74, 6) is 0.520. The molecule has 0 radical (unpaired) electrons. The molecule has 0 unspecified atom stereocenters. The Hall–Kier alpha value is -2.75. The SMILES string of the molecule is COc1cc(/C=C/CCC/C=C/c2ccc(F)c(OC)c2)ccc1O. The Kier molecular flexibility index (Phi) is 7.08. The third kappa shape index (κ3) is 5.68. The van der Waals surface area contributed by atoms with Crippen LogP contribution in [0.4, 0.5) is 4.39 Å². The van der Waals surface area contributed by atoms with Crippen molar-refractivity contribution in [2.45, 2.75) is 19.3 Å². The number of hydrogen-bond acceptors (Lipinski definition) is 3. The highest BCUT2D eigenvalue weighted by Gasteiger charge is 2.01. The Morgan fingerprint density at radius 3 is 2.04 bits per heavy atom. The summed E-state index contributed by atoms with van der Waals surface area (Å²) in [6.07, 6.45) is 11.0. The molecule has 0 aliphatic heterocycles. The summed E-state index contributed by atoms with van der Waals surface area (Å²) in [7, 11) is 2.99. The van der Waals surface area contributed by atoms with Crippen molar-refractivity contribution in [3.05, 3.63) is 65.5 Å². The average molecular weight is 342 g/mol. The van der Waals surface area contributed by atoms with E-state index >= 15 is 0 Å². The summed E-state index contributed by atoms with van der Waals surface area (Å²) < 4.78 is 23.4. The van der Waals surface area contributed by atoms with Crippen LogP contribution in [-0.2, 0) is 0 Å². The second kappa shape index (κ2) is 9.52. The first-order chi connectivity index (χ1) is 12.1. The highest BCUT2D eigenvalue weighted by Crippen LogP contribution is 2.26. The smallest absolute Gasteiger partial charge is 0.165 e. The molecule has 0 spiro atoms. The maximum Gasteiger partial charge on any atom is 0.165 e. The molecule has 4 heteroatoms. The van der Waals surface area contributed by atoms with Crippen LogP contribution < -0.4 is 9.47 Å². The molecule has 0 amide bonds. The number of unbranched alkanes of at least 4 members (excludes halogenated alkanes) is 2. The summed E-state index contributed by atoms with van der Waals surface area (Å²) >= 11 is 0. The van der Waals surface area contributed by atoms with E-state index < -0.39 is 0 Å². The number of benzene rings is 2. The molecule has 2 aromatic rings. The first kappa shape index (κ1) is 18.6. The number of hydrogen-bond donors (Lipinski definition) is 1. The molecule has 0 heterocycles. The van der Waals surface area contributed by atoms with Crippen molar-refractivity contribution in [2.75, 3.05) is 14.2 Å². The fourth-order valence-corrected chi connectivity index (χ4v) is 2.37. The van der Waals surface area contributed by atoms with Gasteiger partial charge in [-0.2, -0.15) is 0 Å². The van der Waals surface area contributed by atoms with Crippen molar-refractivity contribution in [3.8, 4) is 17.2 Å². The lowest BCUT2D eigenvalue weighted by atomic mass is 10.1. The number of ether oxygens (including phenoxy) is 2. The average Bonchev–Trinajstić information content (AvgIpc) is 2.63. The zero-order valence-electron chi connectivity index (χ0n) is 14.5. The molecule has 0 aromatic heterocycles. The lowest BCUT2D eigenvalue weighted by molar-refractivity contribution is 0.373. The Bertz CT molecular complexity index is 687. The third-order valence-corrected chi connectivity index (χ3v) is 3.74. The van der Waals surface area contributed by atoms with Crippen LogP contribution >= 0.6 is 0 Å². The lowest BCUT2D eigenvalue weighted by Crippen LogP contribution is -1.87. The summed E-state index contributed by atoms with van der Waals surface area (Å²) in [5.41, 5.74) is 1.91. The topological polar surface area (TPSA) is 38.7 Å². The van der Waals surface area contributed by atoms with Crippen LogP contribution in [0.15, 0.2) is 48.6 Å². The lowest BCUT2D eigenvalue weighted by Gasteiger charge is -2.03. The first-order valence-electron chi connectivity index (χ1n) is 8.17. The molecule has 0 saturated carbocycles. The zero-order valence-corrected chi connectivity index (χ0v) is 14.5. The van der Waals surface area contributed by atoms with Gasteiger partial charge in [0.15, 0.2) is 23.1 Å². The summed E-state index contributed by atoms with van der Waals surface area (Å²) in [4.78, 5) is 0. The third-order valence-electron chi connectivity index (χ3n) is 3.74. The Balaban J connectivity index is 1.77. The number of rotatable bonds is 8. The fourth-order valence-electron chi connectivity index (χ4n) is 2.37. The van der Waals surface area contributed by atoms with Gasteiger partial charge < -0.3 is 14.6 Å². The van der Waals surface area contributed by atoms with Crippen LogP contribution in [0, 0.1) is 5.82 Å². The van der Waals surface area contributed by atoms with E-state index in [9.17, 15) is 9.50 Å². The van der Waals surface area contributed by atoms with E-state index in [-0.39, 0.29) is 17.3 Å². The van der Waals surface area contributed by atoms with E-state index in [1.54, 1.807) is 24.3 Å². The van der Waals surface area contributed by atoms with Crippen molar-refractivity contribution >= 4 is 12.2 Å². The molecule has 2 aromatic carbocycles. The molecule has 132 valence electrons. The van der Waals surface area contributed by atoms with Crippen molar-refractivity contribution in [1.29, 1.82) is 0 Å². The van der Waals surface area contributed by atoms with Crippen LogP contribution in [0.3, 0.4) is 0 Å². The second-order valence-corrected chi connectivity index (χ2v) is 5.56. The van der Waals surface area contributed by atoms with Gasteiger partial charge in [0.1, 0.15) is 0 Å². The maximum atomic E-state index is 13.3. The van der Waals surface area contributed by atoms with Gasteiger partial charge in [-0.3, -0.25) is 0 Å². The van der Waals surface area contributed by atoms with E-state index in [0.717, 1.165) is 30.4 Å². The highest BCUT2D eigenvalue weighted by molar-refractivity contribution is 5.55. The van der Waals surface area contributed by atoms with Gasteiger partial charge in [0.25, 0.3) is 0 Å². The Labute approximate surface area is 148 Å². The molecular formula is C21H23FO3. The fraction of sp³-hybridized carbons (Fsp3) is 0.238. The summed E-state index contributed by atoms with van der Waals surface area (Å²) in [6, 6.07) is 10.1. The molecule has 25 heavy (non-hydrogen) atoms. The predicted octanol–water partition coefficient (Wildman–Crippen LogP) is 5.45. The number of aromatic hydroxyl groups is 1. The number of methoxy groups -OCH3 is 2. The highest BCUT2D eigenvalue weighted by atomic mass is 19.1. The van der Waals surface area contributed by atoms with E-state index in [0.29, 0.717) is 5.75 Å².